The van der Waals surface area contributed by atoms with E-state index in [0.717, 1.165) is 6.42 Å². The van der Waals surface area contributed by atoms with Crippen molar-refractivity contribution in [2.45, 2.75) is 19.8 Å². The second-order valence-corrected chi connectivity index (χ2v) is 1.70. The van der Waals surface area contributed by atoms with Crippen LogP contribution in [-0.4, -0.2) is 6.21 Å². The Morgan fingerprint density at radius 3 is 2.89 bits per heavy atom. The molecule has 0 atom stereocenters. The zero-order valence-corrected chi connectivity index (χ0v) is 5.88. The van der Waals surface area contributed by atoms with E-state index >= 15 is 0 Å². The molecular weight excluding hydrogens is 110 g/mol. The normalized spacial score (nSPS) is 11.2. The molecule has 0 aromatic rings. The largest absolute Gasteiger partial charge is 0.265 e. The Labute approximate surface area is 56.8 Å². The fourth-order valence-electron chi connectivity index (χ4n) is 0.434. The summed E-state index contributed by atoms with van der Waals surface area (Å²) in [6.07, 6.45) is 9.61. The van der Waals surface area contributed by atoms with Crippen molar-refractivity contribution >= 4 is 6.21 Å². The van der Waals surface area contributed by atoms with Gasteiger partial charge in [0.05, 0.1) is 0 Å². The Kier molecular flexibility index (Phi) is 6.47. The van der Waals surface area contributed by atoms with Gasteiger partial charge in [-0.25, -0.2) is 0 Å². The summed E-state index contributed by atoms with van der Waals surface area (Å²) in [4.78, 5) is 3.80. The van der Waals surface area contributed by atoms with Crippen LogP contribution in [0, 0.1) is 0 Å². The maximum Gasteiger partial charge on any atom is 0.0264 e. The number of hydrogen-bond donors (Lipinski definition) is 0. The Morgan fingerprint density at radius 2 is 2.33 bits per heavy atom. The number of rotatable bonds is 4. The fourth-order valence-corrected chi connectivity index (χ4v) is 0.434. The van der Waals surface area contributed by atoms with Gasteiger partial charge in [-0.05, 0) is 12.5 Å². The summed E-state index contributed by atoms with van der Waals surface area (Å²) < 4.78 is 0. The van der Waals surface area contributed by atoms with Crippen molar-refractivity contribution < 1.29 is 0 Å². The van der Waals surface area contributed by atoms with Gasteiger partial charge in [-0.1, -0.05) is 26.0 Å². The van der Waals surface area contributed by atoms with Gasteiger partial charge in [-0.2, -0.15) is 0 Å². The molecule has 0 radical (unpaired) electrons. The molecule has 0 saturated carbocycles. The van der Waals surface area contributed by atoms with Crippen molar-refractivity contribution in [1.29, 1.82) is 0 Å². The molecule has 0 aliphatic carbocycles. The van der Waals surface area contributed by atoms with E-state index < -0.39 is 0 Å². The third kappa shape index (κ3) is 7.15. The lowest BCUT2D eigenvalue weighted by Gasteiger charge is -1.78. The second kappa shape index (κ2) is 7.15. The van der Waals surface area contributed by atoms with Crippen LogP contribution in [0.15, 0.2) is 29.9 Å². The molecule has 1 nitrogen and oxygen atoms in total. The van der Waals surface area contributed by atoms with Crippen LogP contribution < -0.4 is 0 Å². The van der Waals surface area contributed by atoms with Crippen molar-refractivity contribution in [1.82, 2.24) is 0 Å². The minimum absolute atomic E-state index is 1.13. The minimum atomic E-state index is 1.13. The van der Waals surface area contributed by atoms with E-state index in [0.29, 0.717) is 0 Å². The van der Waals surface area contributed by atoms with Crippen LogP contribution in [0.25, 0.3) is 0 Å². The van der Waals surface area contributed by atoms with Gasteiger partial charge in [-0.15, -0.1) is 0 Å². The summed E-state index contributed by atoms with van der Waals surface area (Å²) in [6.45, 7) is 5.59. The molecule has 0 heterocycles. The summed E-state index contributed by atoms with van der Waals surface area (Å²) in [5.41, 5.74) is 0. The van der Waals surface area contributed by atoms with Crippen LogP contribution in [0.4, 0.5) is 0 Å². The summed E-state index contributed by atoms with van der Waals surface area (Å²) in [7, 11) is 0. The molecule has 50 valence electrons. The monoisotopic (exact) mass is 123 g/mol. The molecule has 0 bridgehead atoms. The standard InChI is InChI=1S/C8H13N/c1-3-5-6-7-8-9-4-2/h4,6-8H,2-3,5H2,1H3/b7-6+,9-8?. The average molecular weight is 123 g/mol. The molecule has 9 heavy (non-hydrogen) atoms. The fraction of sp³-hybridized carbons (Fsp3) is 0.375. The zero-order chi connectivity index (χ0) is 6.95. The topological polar surface area (TPSA) is 12.4 Å². The smallest absolute Gasteiger partial charge is 0.0264 e. The molecule has 0 N–H and O–H groups in total. The Hall–Kier alpha value is -0.850. The molecule has 0 spiro atoms. The zero-order valence-electron chi connectivity index (χ0n) is 5.88. The quantitative estimate of drug-likeness (QED) is 0.509. The van der Waals surface area contributed by atoms with E-state index in [2.05, 4.69) is 24.6 Å². The van der Waals surface area contributed by atoms with Crippen LogP contribution in [0.3, 0.4) is 0 Å². The van der Waals surface area contributed by atoms with E-state index in [4.69, 9.17) is 0 Å². The van der Waals surface area contributed by atoms with Gasteiger partial charge in [-0.3, -0.25) is 4.99 Å². The lowest BCUT2D eigenvalue weighted by molar-refractivity contribution is 0.960. The molecule has 0 saturated heterocycles. The van der Waals surface area contributed by atoms with Crippen LogP contribution >= 0.6 is 0 Å². The lowest BCUT2D eigenvalue weighted by Crippen LogP contribution is -1.63. The molecule has 0 aliphatic heterocycles. The van der Waals surface area contributed by atoms with Crippen molar-refractivity contribution in [3.63, 3.8) is 0 Å². The highest BCUT2D eigenvalue weighted by Gasteiger charge is 1.67. The first kappa shape index (κ1) is 8.15. The second-order valence-electron chi connectivity index (χ2n) is 1.70. The number of aliphatic imine (C=N–C) groups is 1. The SMILES string of the molecule is C=CN=C/C=C/CCC. The Bertz CT molecular complexity index is 112. The number of unbranched alkanes of at least 4 members (excludes halogenated alkanes) is 1. The molecule has 1 heteroatoms. The van der Waals surface area contributed by atoms with Crippen molar-refractivity contribution in [2.24, 2.45) is 4.99 Å². The van der Waals surface area contributed by atoms with Crippen LogP contribution in [0.5, 0.6) is 0 Å². The summed E-state index contributed by atoms with van der Waals surface area (Å²) in [6, 6.07) is 0. The van der Waals surface area contributed by atoms with Gasteiger partial charge >= 0.3 is 0 Å². The van der Waals surface area contributed by atoms with E-state index in [1.54, 1.807) is 6.21 Å². The van der Waals surface area contributed by atoms with Crippen molar-refractivity contribution in [3.8, 4) is 0 Å². The maximum atomic E-state index is 3.80. The van der Waals surface area contributed by atoms with E-state index in [1.807, 2.05) is 6.08 Å². The third-order valence-corrected chi connectivity index (χ3v) is 0.869. The number of allylic oxidation sites excluding steroid dienone is 2. The summed E-state index contributed by atoms with van der Waals surface area (Å²) in [5, 5.41) is 0. The highest BCUT2D eigenvalue weighted by Crippen LogP contribution is 1.85. The first-order valence-electron chi connectivity index (χ1n) is 3.21. The van der Waals surface area contributed by atoms with Crippen molar-refractivity contribution in [3.05, 3.63) is 24.9 Å². The molecule has 0 unspecified atom stereocenters. The van der Waals surface area contributed by atoms with E-state index in [-0.39, 0.29) is 0 Å². The van der Waals surface area contributed by atoms with E-state index in [9.17, 15) is 0 Å². The van der Waals surface area contributed by atoms with Crippen molar-refractivity contribution in [2.75, 3.05) is 0 Å². The molecule has 0 aromatic heterocycles. The molecule has 0 aromatic carbocycles. The third-order valence-electron chi connectivity index (χ3n) is 0.869. The summed E-state index contributed by atoms with van der Waals surface area (Å²) in [5.74, 6) is 0. The minimum Gasteiger partial charge on any atom is -0.265 e. The Morgan fingerprint density at radius 1 is 1.56 bits per heavy atom. The molecule has 0 fully saturated rings. The van der Waals surface area contributed by atoms with Gasteiger partial charge in [0, 0.05) is 12.4 Å². The molecular formula is C8H13N. The van der Waals surface area contributed by atoms with Gasteiger partial charge in [0.15, 0.2) is 0 Å². The molecule has 0 aliphatic rings. The first-order chi connectivity index (χ1) is 4.41. The van der Waals surface area contributed by atoms with Gasteiger partial charge < -0.3 is 0 Å². The predicted octanol–water partition coefficient (Wildman–Crippen LogP) is 2.56. The molecule has 0 amide bonds. The molecule has 0 rings (SSSR count). The average Bonchev–Trinajstić information content (AvgIpc) is 1.89. The van der Waals surface area contributed by atoms with Crippen LogP contribution in [0.2, 0.25) is 0 Å². The van der Waals surface area contributed by atoms with Gasteiger partial charge in [0.1, 0.15) is 0 Å². The highest BCUT2D eigenvalue weighted by atomic mass is 14.6. The van der Waals surface area contributed by atoms with Crippen LogP contribution in [0.1, 0.15) is 19.8 Å². The predicted molar refractivity (Wildman–Crippen MR) is 42.7 cm³/mol. The number of hydrogen-bond acceptors (Lipinski definition) is 1. The van der Waals surface area contributed by atoms with E-state index in [1.165, 1.54) is 12.6 Å². The Balaban J connectivity index is 3.23. The van der Waals surface area contributed by atoms with Gasteiger partial charge in [0.25, 0.3) is 0 Å². The van der Waals surface area contributed by atoms with Gasteiger partial charge in [0.2, 0.25) is 0 Å². The first-order valence-corrected chi connectivity index (χ1v) is 3.21. The number of nitrogens with zero attached hydrogens (tertiary/aromatic N) is 1. The maximum absolute atomic E-state index is 3.80. The summed E-state index contributed by atoms with van der Waals surface area (Å²) >= 11 is 0. The lowest BCUT2D eigenvalue weighted by atomic mass is 10.3. The highest BCUT2D eigenvalue weighted by molar-refractivity contribution is 5.71. The van der Waals surface area contributed by atoms with Crippen LogP contribution in [-0.2, 0) is 0 Å².